The van der Waals surface area contributed by atoms with Gasteiger partial charge in [0.25, 0.3) is 0 Å². The van der Waals surface area contributed by atoms with Gasteiger partial charge in [0.1, 0.15) is 0 Å². The third kappa shape index (κ3) is 1.90. The predicted octanol–water partition coefficient (Wildman–Crippen LogP) is -0.423. The van der Waals surface area contributed by atoms with Gasteiger partial charge in [0.15, 0.2) is 0 Å². The molecule has 0 saturated heterocycles. The SMILES string of the molecule is CO[Si](OC)(OC)C(C)[SiH3]. The van der Waals surface area contributed by atoms with Crippen LogP contribution in [0.25, 0.3) is 0 Å². The molecule has 1 unspecified atom stereocenters. The molecular formula is C5H16O3Si2. The summed E-state index contributed by atoms with van der Waals surface area (Å²) in [5.74, 6) is 0. The summed E-state index contributed by atoms with van der Waals surface area (Å²) in [5.41, 5.74) is 0. The van der Waals surface area contributed by atoms with Crippen LogP contribution in [-0.4, -0.2) is 40.4 Å². The summed E-state index contributed by atoms with van der Waals surface area (Å²) in [7, 11) is 3.75. The molecule has 0 aliphatic rings. The molecule has 0 bridgehead atoms. The Hall–Kier alpha value is 0.314. The first kappa shape index (κ1) is 10.3. The zero-order valence-corrected chi connectivity index (χ0v) is 10.3. The molecule has 0 aromatic heterocycles. The lowest BCUT2D eigenvalue weighted by Gasteiger charge is -2.27. The predicted molar refractivity (Wildman–Crippen MR) is 46.1 cm³/mol. The Labute approximate surface area is 66.5 Å². The highest BCUT2D eigenvalue weighted by Gasteiger charge is 2.41. The molecule has 0 amide bonds. The maximum atomic E-state index is 5.23. The van der Waals surface area contributed by atoms with E-state index in [4.69, 9.17) is 13.3 Å². The van der Waals surface area contributed by atoms with Crippen LogP contribution in [0.1, 0.15) is 6.92 Å². The lowest BCUT2D eigenvalue weighted by Crippen LogP contribution is -2.46. The van der Waals surface area contributed by atoms with Crippen molar-refractivity contribution in [2.45, 2.75) is 12.1 Å². The molecule has 0 N–H and O–H groups in total. The van der Waals surface area contributed by atoms with Crippen molar-refractivity contribution in [2.75, 3.05) is 21.3 Å². The van der Waals surface area contributed by atoms with Crippen molar-refractivity contribution in [2.24, 2.45) is 0 Å². The standard InChI is InChI=1S/C5H16O3Si2/c1-5(9)10(6-2,7-3)8-4/h5H,1-4,9H3. The van der Waals surface area contributed by atoms with Gasteiger partial charge in [-0.1, -0.05) is 6.92 Å². The molecular weight excluding hydrogens is 164 g/mol. The van der Waals surface area contributed by atoms with Gasteiger partial charge in [0.05, 0.1) is 0 Å². The van der Waals surface area contributed by atoms with Crippen LogP contribution in [-0.2, 0) is 13.3 Å². The lowest BCUT2D eigenvalue weighted by atomic mass is 10.9. The second-order valence-corrected chi connectivity index (χ2v) is 8.84. The summed E-state index contributed by atoms with van der Waals surface area (Å²) in [6.45, 7) is 2.09. The van der Waals surface area contributed by atoms with Gasteiger partial charge in [-0.3, -0.25) is 0 Å². The van der Waals surface area contributed by atoms with E-state index in [2.05, 4.69) is 6.92 Å². The third-order valence-corrected chi connectivity index (χ3v) is 6.80. The molecule has 0 rings (SSSR count). The zero-order chi connectivity index (χ0) is 8.20. The van der Waals surface area contributed by atoms with Crippen LogP contribution < -0.4 is 0 Å². The lowest BCUT2D eigenvalue weighted by molar-refractivity contribution is 0.121. The molecule has 0 saturated carbocycles. The normalized spacial score (nSPS) is 15.6. The van der Waals surface area contributed by atoms with Gasteiger partial charge < -0.3 is 13.3 Å². The fourth-order valence-corrected chi connectivity index (χ4v) is 4.99. The molecule has 0 aromatic carbocycles. The Bertz CT molecular complexity index is 84.6. The van der Waals surface area contributed by atoms with Crippen LogP contribution in [0.4, 0.5) is 0 Å². The van der Waals surface area contributed by atoms with Crippen molar-refractivity contribution in [3.63, 3.8) is 0 Å². The molecule has 0 radical (unpaired) electrons. The molecule has 5 heteroatoms. The van der Waals surface area contributed by atoms with Gasteiger partial charge in [-0.25, -0.2) is 0 Å². The largest absolute Gasteiger partial charge is 0.499 e. The fraction of sp³-hybridized carbons (Fsp3) is 1.00. The Morgan fingerprint density at radius 3 is 1.40 bits per heavy atom. The van der Waals surface area contributed by atoms with E-state index in [0.29, 0.717) is 5.16 Å². The summed E-state index contributed by atoms with van der Waals surface area (Å²) in [5, 5.41) is 0.451. The van der Waals surface area contributed by atoms with Crippen molar-refractivity contribution in [3.8, 4) is 0 Å². The first-order chi connectivity index (χ1) is 4.63. The van der Waals surface area contributed by atoms with Gasteiger partial charge in [-0.05, 0) is 0 Å². The van der Waals surface area contributed by atoms with Gasteiger partial charge in [-0.15, -0.1) is 0 Å². The monoisotopic (exact) mass is 180 g/mol. The number of rotatable bonds is 4. The molecule has 0 aliphatic carbocycles. The van der Waals surface area contributed by atoms with E-state index >= 15 is 0 Å². The Morgan fingerprint density at radius 2 is 1.40 bits per heavy atom. The molecule has 10 heavy (non-hydrogen) atoms. The summed E-state index contributed by atoms with van der Waals surface area (Å²) in [6, 6.07) is 0. The molecule has 0 aromatic rings. The first-order valence-electron chi connectivity index (χ1n) is 3.28. The highest BCUT2D eigenvalue weighted by Crippen LogP contribution is 2.19. The van der Waals surface area contributed by atoms with E-state index in [9.17, 15) is 0 Å². The average Bonchev–Trinajstić information content (AvgIpc) is 1.92. The second-order valence-electron chi connectivity index (χ2n) is 2.37. The minimum atomic E-state index is -2.23. The average molecular weight is 180 g/mol. The first-order valence-corrected chi connectivity index (χ1v) is 6.24. The smallest absolute Gasteiger partial charge is 0.377 e. The summed E-state index contributed by atoms with van der Waals surface area (Å²) in [4.78, 5) is 0. The van der Waals surface area contributed by atoms with Gasteiger partial charge in [0, 0.05) is 36.7 Å². The Morgan fingerprint density at radius 1 is 1.10 bits per heavy atom. The van der Waals surface area contributed by atoms with Crippen molar-refractivity contribution >= 4 is 19.0 Å². The van der Waals surface area contributed by atoms with E-state index in [0.717, 1.165) is 10.2 Å². The van der Waals surface area contributed by atoms with E-state index in [1.807, 2.05) is 0 Å². The van der Waals surface area contributed by atoms with Crippen molar-refractivity contribution in [1.29, 1.82) is 0 Å². The van der Waals surface area contributed by atoms with Crippen LogP contribution in [0, 0.1) is 0 Å². The third-order valence-electron chi connectivity index (χ3n) is 1.56. The molecule has 3 nitrogen and oxygen atoms in total. The van der Waals surface area contributed by atoms with Gasteiger partial charge in [0.2, 0.25) is 0 Å². The number of hydrogen-bond donors (Lipinski definition) is 0. The highest BCUT2D eigenvalue weighted by atomic mass is 28.4. The van der Waals surface area contributed by atoms with Crippen LogP contribution in [0.2, 0.25) is 5.16 Å². The molecule has 0 spiro atoms. The summed E-state index contributed by atoms with van der Waals surface area (Å²) >= 11 is 0. The fourth-order valence-electron chi connectivity index (χ4n) is 0.957. The van der Waals surface area contributed by atoms with Crippen LogP contribution in [0.5, 0.6) is 0 Å². The minimum Gasteiger partial charge on any atom is -0.377 e. The zero-order valence-electron chi connectivity index (χ0n) is 7.30. The van der Waals surface area contributed by atoms with Crippen LogP contribution in [0.15, 0.2) is 0 Å². The molecule has 1 atom stereocenters. The van der Waals surface area contributed by atoms with Crippen molar-refractivity contribution in [1.82, 2.24) is 0 Å². The quantitative estimate of drug-likeness (QED) is 0.550. The summed E-state index contributed by atoms with van der Waals surface area (Å²) < 4.78 is 15.7. The minimum absolute atomic E-state index is 0.451. The molecule has 0 fully saturated rings. The van der Waals surface area contributed by atoms with Gasteiger partial charge >= 0.3 is 8.80 Å². The van der Waals surface area contributed by atoms with E-state index in [1.54, 1.807) is 21.3 Å². The highest BCUT2D eigenvalue weighted by molar-refractivity contribution is 6.69. The molecule has 62 valence electrons. The Kier molecular flexibility index (Phi) is 4.38. The second kappa shape index (κ2) is 4.25. The topological polar surface area (TPSA) is 27.7 Å². The van der Waals surface area contributed by atoms with Crippen molar-refractivity contribution in [3.05, 3.63) is 0 Å². The van der Waals surface area contributed by atoms with Crippen LogP contribution >= 0.6 is 0 Å². The van der Waals surface area contributed by atoms with Crippen LogP contribution in [0.3, 0.4) is 0 Å². The van der Waals surface area contributed by atoms with E-state index in [1.165, 1.54) is 0 Å². The van der Waals surface area contributed by atoms with Crippen molar-refractivity contribution < 1.29 is 13.3 Å². The van der Waals surface area contributed by atoms with E-state index < -0.39 is 8.80 Å². The molecule has 0 heterocycles. The Balaban J connectivity index is 4.15. The maximum absolute atomic E-state index is 5.23. The maximum Gasteiger partial charge on any atom is 0.499 e. The molecule has 0 aliphatic heterocycles. The van der Waals surface area contributed by atoms with Gasteiger partial charge in [-0.2, -0.15) is 0 Å². The summed E-state index contributed by atoms with van der Waals surface area (Å²) in [6.07, 6.45) is 0. The van der Waals surface area contributed by atoms with E-state index in [-0.39, 0.29) is 0 Å². The number of hydrogen-bond acceptors (Lipinski definition) is 3.